The highest BCUT2D eigenvalue weighted by molar-refractivity contribution is 5.85. The van der Waals surface area contributed by atoms with Gasteiger partial charge in [0.1, 0.15) is 5.75 Å². The first-order valence-electron chi connectivity index (χ1n) is 9.36. The van der Waals surface area contributed by atoms with Crippen molar-refractivity contribution in [2.24, 2.45) is 0 Å². The van der Waals surface area contributed by atoms with Crippen LogP contribution in [-0.4, -0.2) is 16.9 Å². The summed E-state index contributed by atoms with van der Waals surface area (Å²) in [6.45, 7) is 1.56. The molecule has 0 atom stereocenters. The van der Waals surface area contributed by atoms with Crippen molar-refractivity contribution in [3.05, 3.63) is 102 Å². The molecular formula is C24H24ClN3O. The van der Waals surface area contributed by atoms with Gasteiger partial charge in [0.25, 0.3) is 0 Å². The van der Waals surface area contributed by atoms with Crippen LogP contribution in [0.15, 0.2) is 91.1 Å². The number of hydrogen-bond donors (Lipinski definition) is 1. The van der Waals surface area contributed by atoms with Crippen LogP contribution in [0.3, 0.4) is 0 Å². The fraction of sp³-hybridized carbons (Fsp3) is 0.125. The molecule has 4 nitrogen and oxygen atoms in total. The summed E-state index contributed by atoms with van der Waals surface area (Å²) in [5.74, 6) is 0.843. The van der Waals surface area contributed by atoms with Gasteiger partial charge < -0.3 is 10.1 Å². The molecule has 0 aliphatic heterocycles. The molecule has 5 heteroatoms. The van der Waals surface area contributed by atoms with Crippen LogP contribution in [0.4, 0.5) is 0 Å². The third-order valence-corrected chi connectivity index (χ3v) is 4.66. The SMILES string of the molecule is COc1ccc(-c2nn(-c3ccccc3)cc2CNCc2ccccc2)cc1.Cl. The molecule has 1 aromatic heterocycles. The minimum absolute atomic E-state index is 0. The second kappa shape index (κ2) is 9.92. The van der Waals surface area contributed by atoms with E-state index in [4.69, 9.17) is 9.84 Å². The van der Waals surface area contributed by atoms with E-state index in [-0.39, 0.29) is 12.4 Å². The predicted octanol–water partition coefficient (Wildman–Crippen LogP) is 5.26. The molecule has 0 aliphatic rings. The lowest BCUT2D eigenvalue weighted by Crippen LogP contribution is -2.12. The molecule has 0 saturated carbocycles. The van der Waals surface area contributed by atoms with Crippen LogP contribution < -0.4 is 10.1 Å². The van der Waals surface area contributed by atoms with E-state index in [9.17, 15) is 0 Å². The Balaban J connectivity index is 0.00000240. The molecule has 0 saturated heterocycles. The first kappa shape index (κ1) is 20.6. The van der Waals surface area contributed by atoms with Crippen molar-refractivity contribution >= 4 is 12.4 Å². The Bertz CT molecular complexity index is 1020. The summed E-state index contributed by atoms with van der Waals surface area (Å²) in [5.41, 5.74) is 5.53. The smallest absolute Gasteiger partial charge is 0.118 e. The number of benzene rings is 3. The zero-order valence-corrected chi connectivity index (χ0v) is 17.1. The summed E-state index contributed by atoms with van der Waals surface area (Å²) >= 11 is 0. The molecule has 148 valence electrons. The molecule has 3 aromatic carbocycles. The highest BCUT2D eigenvalue weighted by Crippen LogP contribution is 2.26. The Labute approximate surface area is 177 Å². The van der Waals surface area contributed by atoms with Gasteiger partial charge >= 0.3 is 0 Å². The molecule has 4 rings (SSSR count). The molecule has 0 aliphatic carbocycles. The van der Waals surface area contributed by atoms with Crippen molar-refractivity contribution < 1.29 is 4.74 Å². The Morgan fingerprint density at radius 2 is 1.48 bits per heavy atom. The normalized spacial score (nSPS) is 10.4. The van der Waals surface area contributed by atoms with E-state index in [0.29, 0.717) is 0 Å². The van der Waals surface area contributed by atoms with E-state index in [2.05, 4.69) is 60.0 Å². The van der Waals surface area contributed by atoms with E-state index in [1.807, 2.05) is 41.1 Å². The molecule has 0 amide bonds. The summed E-state index contributed by atoms with van der Waals surface area (Å²) in [6.07, 6.45) is 2.10. The van der Waals surface area contributed by atoms with Crippen molar-refractivity contribution in [2.75, 3.05) is 7.11 Å². The molecule has 1 heterocycles. The Morgan fingerprint density at radius 3 is 2.14 bits per heavy atom. The predicted molar refractivity (Wildman–Crippen MR) is 120 cm³/mol. The number of halogens is 1. The molecule has 0 spiro atoms. The average molecular weight is 406 g/mol. The summed E-state index contributed by atoms with van der Waals surface area (Å²) < 4.78 is 7.23. The number of ether oxygens (including phenoxy) is 1. The number of para-hydroxylation sites is 1. The molecular weight excluding hydrogens is 382 g/mol. The molecule has 0 unspecified atom stereocenters. The highest BCUT2D eigenvalue weighted by Gasteiger charge is 2.12. The topological polar surface area (TPSA) is 39.1 Å². The van der Waals surface area contributed by atoms with Crippen molar-refractivity contribution in [3.8, 4) is 22.7 Å². The number of nitrogens with one attached hydrogen (secondary N) is 1. The van der Waals surface area contributed by atoms with Gasteiger partial charge in [-0.05, 0) is 42.0 Å². The van der Waals surface area contributed by atoms with Crippen LogP contribution in [-0.2, 0) is 13.1 Å². The second-order valence-electron chi connectivity index (χ2n) is 6.60. The van der Waals surface area contributed by atoms with Gasteiger partial charge in [-0.2, -0.15) is 5.10 Å². The summed E-state index contributed by atoms with van der Waals surface area (Å²) in [6, 6.07) is 28.7. The maximum absolute atomic E-state index is 5.29. The van der Waals surface area contributed by atoms with Gasteiger partial charge in [-0.1, -0.05) is 48.5 Å². The number of methoxy groups -OCH3 is 1. The lowest BCUT2D eigenvalue weighted by Gasteiger charge is -2.06. The lowest BCUT2D eigenvalue weighted by molar-refractivity contribution is 0.415. The fourth-order valence-electron chi connectivity index (χ4n) is 3.18. The van der Waals surface area contributed by atoms with E-state index in [1.54, 1.807) is 7.11 Å². The monoisotopic (exact) mass is 405 g/mol. The van der Waals surface area contributed by atoms with Crippen LogP contribution in [0.2, 0.25) is 0 Å². The number of rotatable bonds is 7. The van der Waals surface area contributed by atoms with Crippen LogP contribution >= 0.6 is 12.4 Å². The van der Waals surface area contributed by atoms with Crippen LogP contribution in [0.25, 0.3) is 16.9 Å². The zero-order chi connectivity index (χ0) is 19.2. The van der Waals surface area contributed by atoms with E-state index in [0.717, 1.165) is 41.3 Å². The van der Waals surface area contributed by atoms with Crippen LogP contribution in [0.1, 0.15) is 11.1 Å². The van der Waals surface area contributed by atoms with Gasteiger partial charge in [0.2, 0.25) is 0 Å². The molecule has 29 heavy (non-hydrogen) atoms. The van der Waals surface area contributed by atoms with Crippen molar-refractivity contribution in [3.63, 3.8) is 0 Å². The molecule has 0 radical (unpaired) electrons. The average Bonchev–Trinajstić information content (AvgIpc) is 3.19. The third kappa shape index (κ3) is 5.05. The number of aromatic nitrogens is 2. The van der Waals surface area contributed by atoms with E-state index < -0.39 is 0 Å². The first-order chi connectivity index (χ1) is 13.8. The van der Waals surface area contributed by atoms with Gasteiger partial charge in [0, 0.05) is 30.4 Å². The van der Waals surface area contributed by atoms with Crippen LogP contribution in [0.5, 0.6) is 5.75 Å². The standard InChI is InChI=1S/C24H23N3O.ClH/c1-28-23-14-12-20(13-15-23)24-21(17-25-16-19-8-4-2-5-9-19)18-27(26-24)22-10-6-3-7-11-22;/h2-15,18,25H,16-17H2,1H3;1H. The fourth-order valence-corrected chi connectivity index (χ4v) is 3.18. The number of nitrogens with zero attached hydrogens (tertiary/aromatic N) is 2. The van der Waals surface area contributed by atoms with Crippen molar-refractivity contribution in [1.29, 1.82) is 0 Å². The quantitative estimate of drug-likeness (QED) is 0.456. The highest BCUT2D eigenvalue weighted by atomic mass is 35.5. The van der Waals surface area contributed by atoms with Crippen molar-refractivity contribution in [1.82, 2.24) is 15.1 Å². The van der Waals surface area contributed by atoms with Gasteiger partial charge in [0.15, 0.2) is 0 Å². The summed E-state index contributed by atoms with van der Waals surface area (Å²) in [5, 5.41) is 8.41. The zero-order valence-electron chi connectivity index (χ0n) is 16.3. The molecule has 4 aromatic rings. The third-order valence-electron chi connectivity index (χ3n) is 4.66. The largest absolute Gasteiger partial charge is 0.497 e. The Morgan fingerprint density at radius 1 is 0.828 bits per heavy atom. The second-order valence-corrected chi connectivity index (χ2v) is 6.60. The van der Waals surface area contributed by atoms with Gasteiger partial charge in [0.05, 0.1) is 18.5 Å². The van der Waals surface area contributed by atoms with Gasteiger partial charge in [-0.3, -0.25) is 0 Å². The molecule has 1 N–H and O–H groups in total. The minimum atomic E-state index is 0. The summed E-state index contributed by atoms with van der Waals surface area (Å²) in [7, 11) is 1.68. The van der Waals surface area contributed by atoms with Crippen LogP contribution in [0, 0.1) is 0 Å². The Kier molecular flexibility index (Phi) is 7.06. The maximum Gasteiger partial charge on any atom is 0.118 e. The molecule has 0 fully saturated rings. The van der Waals surface area contributed by atoms with Gasteiger partial charge in [-0.25, -0.2) is 4.68 Å². The molecule has 0 bridgehead atoms. The summed E-state index contributed by atoms with van der Waals surface area (Å²) in [4.78, 5) is 0. The Hall–Kier alpha value is -3.08. The van der Waals surface area contributed by atoms with E-state index in [1.165, 1.54) is 5.56 Å². The maximum atomic E-state index is 5.29. The van der Waals surface area contributed by atoms with E-state index >= 15 is 0 Å². The number of hydrogen-bond acceptors (Lipinski definition) is 3. The first-order valence-corrected chi connectivity index (χ1v) is 9.36. The lowest BCUT2D eigenvalue weighted by atomic mass is 10.1. The minimum Gasteiger partial charge on any atom is -0.497 e. The van der Waals surface area contributed by atoms with Gasteiger partial charge in [-0.15, -0.1) is 12.4 Å². The van der Waals surface area contributed by atoms with Crippen molar-refractivity contribution in [2.45, 2.75) is 13.1 Å².